The molecule has 1 aliphatic rings. The highest BCUT2D eigenvalue weighted by molar-refractivity contribution is 6.04. The van der Waals surface area contributed by atoms with Crippen LogP contribution in [0.15, 0.2) is 48.5 Å². The number of hydrogen-bond donors (Lipinski definition) is 2. The normalized spacial score (nSPS) is 15.6. The molecular weight excluding hydrogens is 400 g/mol. The molecule has 0 aromatic heterocycles. The first-order valence-electron chi connectivity index (χ1n) is 11.8. The number of carbonyl (C=O) groups is 2. The van der Waals surface area contributed by atoms with Crippen LogP contribution in [0, 0.1) is 0 Å². The smallest absolute Gasteiger partial charge is 0.265 e. The molecule has 172 valence electrons. The fourth-order valence-corrected chi connectivity index (χ4v) is 4.03. The Kier molecular flexibility index (Phi) is 7.94. The van der Waals surface area contributed by atoms with Gasteiger partial charge in [0.25, 0.3) is 11.8 Å². The molecule has 1 atom stereocenters. The molecule has 5 nitrogen and oxygen atoms in total. The van der Waals surface area contributed by atoms with Gasteiger partial charge >= 0.3 is 0 Å². The van der Waals surface area contributed by atoms with E-state index in [0.717, 1.165) is 25.7 Å². The van der Waals surface area contributed by atoms with Crippen LogP contribution in [0.25, 0.3) is 0 Å². The number of anilines is 1. The molecular formula is C27H36N2O3. The summed E-state index contributed by atoms with van der Waals surface area (Å²) in [6.45, 7) is 8.39. The van der Waals surface area contributed by atoms with Gasteiger partial charge in [-0.25, -0.2) is 0 Å². The summed E-state index contributed by atoms with van der Waals surface area (Å²) in [6.07, 6.45) is 5.43. The topological polar surface area (TPSA) is 67.4 Å². The van der Waals surface area contributed by atoms with Crippen LogP contribution in [-0.2, 0) is 10.2 Å². The average Bonchev–Trinajstić information content (AvgIpc) is 2.78. The molecule has 0 bridgehead atoms. The van der Waals surface area contributed by atoms with Crippen LogP contribution < -0.4 is 15.4 Å². The fraction of sp³-hybridized carbons (Fsp3) is 0.481. The first kappa shape index (κ1) is 23.8. The summed E-state index contributed by atoms with van der Waals surface area (Å²) in [4.78, 5) is 25.8. The first-order valence-corrected chi connectivity index (χ1v) is 11.8. The molecule has 0 radical (unpaired) electrons. The zero-order valence-corrected chi connectivity index (χ0v) is 19.7. The second-order valence-corrected chi connectivity index (χ2v) is 9.63. The number of benzene rings is 2. The van der Waals surface area contributed by atoms with Gasteiger partial charge < -0.3 is 15.4 Å². The van der Waals surface area contributed by atoms with E-state index in [1.54, 1.807) is 12.1 Å². The highest BCUT2D eigenvalue weighted by Crippen LogP contribution is 2.25. The summed E-state index contributed by atoms with van der Waals surface area (Å²) in [7, 11) is 0. The Morgan fingerprint density at radius 2 is 1.66 bits per heavy atom. The van der Waals surface area contributed by atoms with E-state index >= 15 is 0 Å². The molecule has 1 aliphatic carbocycles. The van der Waals surface area contributed by atoms with Gasteiger partial charge in [0, 0.05) is 6.04 Å². The number of amides is 2. The van der Waals surface area contributed by atoms with Crippen molar-refractivity contribution in [1.82, 2.24) is 5.32 Å². The van der Waals surface area contributed by atoms with Gasteiger partial charge in [-0.3, -0.25) is 9.59 Å². The van der Waals surface area contributed by atoms with E-state index in [2.05, 4.69) is 31.4 Å². The van der Waals surface area contributed by atoms with Crippen molar-refractivity contribution in [2.75, 3.05) is 5.32 Å². The lowest BCUT2D eigenvalue weighted by molar-refractivity contribution is -0.122. The maximum Gasteiger partial charge on any atom is 0.265 e. The minimum Gasteiger partial charge on any atom is -0.481 e. The Bertz CT molecular complexity index is 909. The van der Waals surface area contributed by atoms with Gasteiger partial charge in [-0.2, -0.15) is 0 Å². The molecule has 1 saturated carbocycles. The Hall–Kier alpha value is -2.82. The molecule has 0 saturated heterocycles. The van der Waals surface area contributed by atoms with Gasteiger partial charge in [0.05, 0.1) is 11.3 Å². The van der Waals surface area contributed by atoms with Crippen LogP contribution >= 0.6 is 0 Å². The molecule has 5 heteroatoms. The number of nitrogens with one attached hydrogen (secondary N) is 2. The van der Waals surface area contributed by atoms with E-state index in [-0.39, 0.29) is 23.3 Å². The van der Waals surface area contributed by atoms with E-state index in [0.29, 0.717) is 23.4 Å². The molecule has 2 N–H and O–H groups in total. The molecule has 0 spiro atoms. The van der Waals surface area contributed by atoms with E-state index in [4.69, 9.17) is 4.74 Å². The molecule has 1 fully saturated rings. The van der Waals surface area contributed by atoms with Crippen molar-refractivity contribution in [3.05, 3.63) is 59.7 Å². The summed E-state index contributed by atoms with van der Waals surface area (Å²) in [5.41, 5.74) is 2.26. The molecule has 2 aromatic rings. The summed E-state index contributed by atoms with van der Waals surface area (Å²) in [5.74, 6) is 0.258. The standard InChI is InChI=1S/C27H36N2O3/c1-5-24(32-21-17-15-19(16-18-21)27(2,3)4)26(31)29-23-14-10-9-13-22(23)25(30)28-20-11-7-6-8-12-20/h9-10,13-18,20,24H,5-8,11-12H2,1-4H3,(H,28,30)(H,29,31). The van der Waals surface area contributed by atoms with Gasteiger partial charge in [-0.1, -0.05) is 71.2 Å². The highest BCUT2D eigenvalue weighted by atomic mass is 16.5. The lowest BCUT2D eigenvalue weighted by atomic mass is 9.87. The Labute approximate surface area is 191 Å². The number of rotatable bonds is 7. The molecule has 32 heavy (non-hydrogen) atoms. The Morgan fingerprint density at radius 1 is 1.00 bits per heavy atom. The predicted molar refractivity (Wildman–Crippen MR) is 129 cm³/mol. The molecule has 0 aliphatic heterocycles. The zero-order chi connectivity index (χ0) is 23.1. The third kappa shape index (κ3) is 6.35. The van der Waals surface area contributed by atoms with Crippen LogP contribution in [0.3, 0.4) is 0 Å². The maximum atomic E-state index is 13.0. The Balaban J connectivity index is 1.66. The van der Waals surface area contributed by atoms with Gasteiger partial charge in [0.1, 0.15) is 5.75 Å². The Morgan fingerprint density at radius 3 is 2.28 bits per heavy atom. The van der Waals surface area contributed by atoms with Crippen molar-refractivity contribution in [3.63, 3.8) is 0 Å². The average molecular weight is 437 g/mol. The van der Waals surface area contributed by atoms with E-state index < -0.39 is 6.10 Å². The van der Waals surface area contributed by atoms with Crippen molar-refractivity contribution >= 4 is 17.5 Å². The number of para-hydroxylation sites is 1. The zero-order valence-electron chi connectivity index (χ0n) is 19.7. The lowest BCUT2D eigenvalue weighted by Gasteiger charge is -2.24. The second kappa shape index (κ2) is 10.7. The van der Waals surface area contributed by atoms with Gasteiger partial charge in [-0.05, 0) is 54.5 Å². The largest absolute Gasteiger partial charge is 0.481 e. The molecule has 2 aromatic carbocycles. The summed E-state index contributed by atoms with van der Waals surface area (Å²) >= 11 is 0. The van der Waals surface area contributed by atoms with Crippen LogP contribution in [0.2, 0.25) is 0 Å². The third-order valence-electron chi connectivity index (χ3n) is 6.03. The minimum absolute atomic E-state index is 0.0575. The highest BCUT2D eigenvalue weighted by Gasteiger charge is 2.23. The maximum absolute atomic E-state index is 13.0. The quantitative estimate of drug-likeness (QED) is 0.573. The molecule has 1 unspecified atom stereocenters. The van der Waals surface area contributed by atoms with Crippen molar-refractivity contribution in [2.45, 2.75) is 83.8 Å². The minimum atomic E-state index is -0.648. The SMILES string of the molecule is CCC(Oc1ccc(C(C)(C)C)cc1)C(=O)Nc1ccccc1C(=O)NC1CCCCC1. The number of carbonyl (C=O) groups excluding carboxylic acids is 2. The summed E-state index contributed by atoms with van der Waals surface area (Å²) < 4.78 is 5.97. The van der Waals surface area contributed by atoms with Crippen LogP contribution in [-0.4, -0.2) is 24.0 Å². The summed E-state index contributed by atoms with van der Waals surface area (Å²) in [6, 6.07) is 15.2. The van der Waals surface area contributed by atoms with Crippen molar-refractivity contribution in [3.8, 4) is 5.75 Å². The molecule has 0 heterocycles. The first-order chi connectivity index (χ1) is 15.3. The van der Waals surface area contributed by atoms with Crippen molar-refractivity contribution in [1.29, 1.82) is 0 Å². The monoisotopic (exact) mass is 436 g/mol. The van der Waals surface area contributed by atoms with Crippen LogP contribution in [0.1, 0.15) is 82.1 Å². The molecule has 2 amide bonds. The number of hydrogen-bond acceptors (Lipinski definition) is 3. The second-order valence-electron chi connectivity index (χ2n) is 9.63. The van der Waals surface area contributed by atoms with Crippen molar-refractivity contribution < 1.29 is 14.3 Å². The summed E-state index contributed by atoms with van der Waals surface area (Å²) in [5, 5.41) is 6.04. The van der Waals surface area contributed by atoms with E-state index in [9.17, 15) is 9.59 Å². The predicted octanol–water partition coefficient (Wildman–Crippen LogP) is 5.84. The van der Waals surface area contributed by atoms with Gasteiger partial charge in [0.15, 0.2) is 6.10 Å². The molecule has 3 rings (SSSR count). The van der Waals surface area contributed by atoms with Crippen LogP contribution in [0.4, 0.5) is 5.69 Å². The van der Waals surface area contributed by atoms with Gasteiger partial charge in [-0.15, -0.1) is 0 Å². The van der Waals surface area contributed by atoms with Crippen molar-refractivity contribution in [2.24, 2.45) is 0 Å². The third-order valence-corrected chi connectivity index (χ3v) is 6.03. The van der Waals surface area contributed by atoms with E-state index in [1.165, 1.54) is 12.0 Å². The lowest BCUT2D eigenvalue weighted by Crippen LogP contribution is -2.37. The fourth-order valence-electron chi connectivity index (χ4n) is 4.03. The van der Waals surface area contributed by atoms with Crippen LogP contribution in [0.5, 0.6) is 5.75 Å². The number of ether oxygens (including phenoxy) is 1. The van der Waals surface area contributed by atoms with Gasteiger partial charge in [0.2, 0.25) is 0 Å². The van der Waals surface area contributed by atoms with E-state index in [1.807, 2.05) is 43.3 Å².